The van der Waals surface area contributed by atoms with Gasteiger partial charge in [0, 0.05) is 18.5 Å². The Hall–Kier alpha value is -4.21. The SMILES string of the molecule is O=C1CCC(N2Cc3ccc(COC(=O)NCC(=O)OCc4ccccc4)cc3C2=O)C(=O)N1. The van der Waals surface area contributed by atoms with Crippen molar-refractivity contribution in [3.8, 4) is 0 Å². The highest BCUT2D eigenvalue weighted by atomic mass is 16.6. The lowest BCUT2D eigenvalue weighted by Crippen LogP contribution is -2.52. The Balaban J connectivity index is 1.24. The lowest BCUT2D eigenvalue weighted by molar-refractivity contribution is -0.143. The van der Waals surface area contributed by atoms with Crippen molar-refractivity contribution in [3.05, 3.63) is 70.8 Å². The summed E-state index contributed by atoms with van der Waals surface area (Å²) in [7, 11) is 0. The summed E-state index contributed by atoms with van der Waals surface area (Å²) < 4.78 is 10.2. The fraction of sp³-hybridized carbons (Fsp3) is 0.292. The number of amides is 4. The zero-order chi connectivity index (χ0) is 24.1. The maximum atomic E-state index is 12.8. The normalized spacial score (nSPS) is 17.1. The molecule has 176 valence electrons. The highest BCUT2D eigenvalue weighted by Crippen LogP contribution is 2.28. The number of fused-ring (bicyclic) bond motifs is 1. The minimum atomic E-state index is -0.798. The van der Waals surface area contributed by atoms with E-state index in [9.17, 15) is 24.0 Å². The molecule has 4 rings (SSSR count). The monoisotopic (exact) mass is 465 g/mol. The molecule has 2 aliphatic rings. The minimum Gasteiger partial charge on any atom is -0.460 e. The first-order valence-electron chi connectivity index (χ1n) is 10.8. The number of benzene rings is 2. The van der Waals surface area contributed by atoms with Gasteiger partial charge in [0.2, 0.25) is 11.8 Å². The molecule has 4 amide bonds. The van der Waals surface area contributed by atoms with E-state index in [1.54, 1.807) is 18.2 Å². The molecule has 2 heterocycles. The van der Waals surface area contributed by atoms with Crippen molar-refractivity contribution in [2.75, 3.05) is 6.54 Å². The van der Waals surface area contributed by atoms with Gasteiger partial charge in [0.15, 0.2) is 0 Å². The van der Waals surface area contributed by atoms with Gasteiger partial charge in [-0.15, -0.1) is 0 Å². The number of alkyl carbamates (subject to hydrolysis) is 1. The second-order valence-electron chi connectivity index (χ2n) is 7.97. The molecule has 0 aliphatic carbocycles. The van der Waals surface area contributed by atoms with Gasteiger partial charge < -0.3 is 19.7 Å². The molecule has 0 spiro atoms. The summed E-state index contributed by atoms with van der Waals surface area (Å²) in [5, 5.41) is 4.59. The molecular weight excluding hydrogens is 442 g/mol. The van der Waals surface area contributed by atoms with Crippen LogP contribution >= 0.6 is 0 Å². The summed E-state index contributed by atoms with van der Waals surface area (Å²) >= 11 is 0. The number of carbonyl (C=O) groups excluding carboxylic acids is 5. The highest BCUT2D eigenvalue weighted by Gasteiger charge is 2.39. The Bertz CT molecular complexity index is 1130. The summed E-state index contributed by atoms with van der Waals surface area (Å²) in [5.74, 6) is -1.72. The van der Waals surface area contributed by atoms with E-state index in [0.29, 0.717) is 11.1 Å². The lowest BCUT2D eigenvalue weighted by Gasteiger charge is -2.29. The van der Waals surface area contributed by atoms with E-state index in [-0.39, 0.29) is 51.0 Å². The van der Waals surface area contributed by atoms with Crippen molar-refractivity contribution in [2.45, 2.75) is 38.6 Å². The molecule has 1 atom stereocenters. The van der Waals surface area contributed by atoms with Crippen LogP contribution in [0, 0.1) is 0 Å². The zero-order valence-electron chi connectivity index (χ0n) is 18.2. The van der Waals surface area contributed by atoms with E-state index in [1.165, 1.54) is 4.90 Å². The highest BCUT2D eigenvalue weighted by molar-refractivity contribution is 6.05. The molecule has 2 N–H and O–H groups in total. The Morgan fingerprint density at radius 1 is 1.00 bits per heavy atom. The third-order valence-corrected chi connectivity index (χ3v) is 5.58. The Labute approximate surface area is 195 Å². The van der Waals surface area contributed by atoms with Crippen LogP contribution in [0.3, 0.4) is 0 Å². The van der Waals surface area contributed by atoms with Crippen molar-refractivity contribution < 1.29 is 33.4 Å². The number of rotatable bonds is 7. The van der Waals surface area contributed by atoms with Gasteiger partial charge in [-0.3, -0.25) is 24.5 Å². The van der Waals surface area contributed by atoms with E-state index in [2.05, 4.69) is 10.6 Å². The van der Waals surface area contributed by atoms with Crippen LogP contribution in [-0.4, -0.2) is 47.3 Å². The largest absolute Gasteiger partial charge is 0.460 e. The van der Waals surface area contributed by atoms with Gasteiger partial charge in [-0.1, -0.05) is 42.5 Å². The molecule has 1 unspecified atom stereocenters. The smallest absolute Gasteiger partial charge is 0.407 e. The molecule has 0 radical (unpaired) electrons. The van der Waals surface area contributed by atoms with Crippen molar-refractivity contribution in [3.63, 3.8) is 0 Å². The molecule has 0 saturated carbocycles. The number of hydrogen-bond donors (Lipinski definition) is 2. The molecule has 10 nitrogen and oxygen atoms in total. The molecule has 0 aromatic heterocycles. The van der Waals surface area contributed by atoms with Crippen molar-refractivity contribution in [1.29, 1.82) is 0 Å². The summed E-state index contributed by atoms with van der Waals surface area (Å²) in [6.45, 7) is -0.0678. The quantitative estimate of drug-likeness (QED) is 0.467. The first kappa shape index (κ1) is 23.0. The summed E-state index contributed by atoms with van der Waals surface area (Å²) in [6, 6.07) is 13.6. The molecule has 2 aromatic carbocycles. The number of esters is 1. The van der Waals surface area contributed by atoms with Gasteiger partial charge in [-0.2, -0.15) is 0 Å². The van der Waals surface area contributed by atoms with E-state index in [1.807, 2.05) is 30.3 Å². The predicted molar refractivity (Wildman–Crippen MR) is 117 cm³/mol. The van der Waals surface area contributed by atoms with Gasteiger partial charge in [0.1, 0.15) is 25.8 Å². The van der Waals surface area contributed by atoms with E-state index in [0.717, 1.165) is 11.1 Å². The molecule has 2 aromatic rings. The van der Waals surface area contributed by atoms with Crippen LogP contribution in [0.2, 0.25) is 0 Å². The molecule has 10 heteroatoms. The maximum absolute atomic E-state index is 12.8. The van der Waals surface area contributed by atoms with Crippen LogP contribution in [-0.2, 0) is 43.6 Å². The summed E-state index contributed by atoms with van der Waals surface area (Å²) in [6.07, 6.45) is -0.326. The molecule has 0 bridgehead atoms. The zero-order valence-corrected chi connectivity index (χ0v) is 18.2. The van der Waals surface area contributed by atoms with Crippen molar-refractivity contribution >= 4 is 29.8 Å². The lowest BCUT2D eigenvalue weighted by atomic mass is 10.0. The van der Waals surface area contributed by atoms with Gasteiger partial charge >= 0.3 is 12.1 Å². The fourth-order valence-electron chi connectivity index (χ4n) is 3.82. The second-order valence-corrected chi connectivity index (χ2v) is 7.97. The summed E-state index contributed by atoms with van der Waals surface area (Å²) in [5.41, 5.74) is 2.60. The van der Waals surface area contributed by atoms with Crippen molar-refractivity contribution in [2.24, 2.45) is 0 Å². The average molecular weight is 465 g/mol. The van der Waals surface area contributed by atoms with Crippen LogP contribution in [0.1, 0.15) is 39.9 Å². The fourth-order valence-corrected chi connectivity index (χ4v) is 3.82. The first-order valence-corrected chi connectivity index (χ1v) is 10.8. The molecule has 1 saturated heterocycles. The molecule has 34 heavy (non-hydrogen) atoms. The van der Waals surface area contributed by atoms with Gasteiger partial charge in [-0.05, 0) is 29.2 Å². The molecular formula is C24H23N3O7. The average Bonchev–Trinajstić information content (AvgIpc) is 3.16. The third-order valence-electron chi connectivity index (χ3n) is 5.58. The van der Waals surface area contributed by atoms with Crippen molar-refractivity contribution in [1.82, 2.24) is 15.5 Å². The number of piperidine rings is 1. The van der Waals surface area contributed by atoms with Gasteiger partial charge in [0.25, 0.3) is 5.91 Å². The van der Waals surface area contributed by atoms with Crippen LogP contribution in [0.5, 0.6) is 0 Å². The van der Waals surface area contributed by atoms with Crippen LogP contribution in [0.25, 0.3) is 0 Å². The van der Waals surface area contributed by atoms with Gasteiger partial charge in [0.05, 0.1) is 0 Å². The topological polar surface area (TPSA) is 131 Å². The number of nitrogens with zero attached hydrogens (tertiary/aromatic N) is 1. The van der Waals surface area contributed by atoms with Gasteiger partial charge in [-0.25, -0.2) is 4.79 Å². The van der Waals surface area contributed by atoms with Crippen LogP contribution in [0.4, 0.5) is 4.79 Å². The Kier molecular flexibility index (Phi) is 6.86. The Morgan fingerprint density at radius 2 is 1.76 bits per heavy atom. The number of imide groups is 1. The van der Waals surface area contributed by atoms with E-state index < -0.39 is 24.0 Å². The number of hydrogen-bond acceptors (Lipinski definition) is 7. The third kappa shape index (κ3) is 5.40. The first-order chi connectivity index (χ1) is 16.4. The number of nitrogens with one attached hydrogen (secondary N) is 2. The van der Waals surface area contributed by atoms with E-state index >= 15 is 0 Å². The van der Waals surface area contributed by atoms with Crippen LogP contribution in [0.15, 0.2) is 48.5 Å². The molecule has 1 fully saturated rings. The predicted octanol–water partition coefficient (Wildman–Crippen LogP) is 1.42. The standard InChI is InChI=1S/C24H23N3O7/c28-20-9-8-19(22(30)26-20)27-12-17-7-6-16(10-18(17)23(27)31)14-34-24(32)25-11-21(29)33-13-15-4-2-1-3-5-15/h1-7,10,19H,8-9,11-14H2,(H,25,32)(H,26,28,30). The summed E-state index contributed by atoms with van der Waals surface area (Å²) in [4.78, 5) is 61.5. The Morgan fingerprint density at radius 3 is 2.53 bits per heavy atom. The van der Waals surface area contributed by atoms with Crippen LogP contribution < -0.4 is 10.6 Å². The second kappa shape index (κ2) is 10.2. The van der Waals surface area contributed by atoms with E-state index in [4.69, 9.17) is 9.47 Å². The number of carbonyl (C=O) groups is 5. The maximum Gasteiger partial charge on any atom is 0.407 e. The minimum absolute atomic E-state index is 0.107. The number of ether oxygens (including phenoxy) is 2. The molecule has 2 aliphatic heterocycles.